The summed E-state index contributed by atoms with van der Waals surface area (Å²) in [5, 5.41) is 8.72. The zero-order chi connectivity index (χ0) is 12.0. The number of hydrogen-bond acceptors (Lipinski definition) is 4. The number of hydrogen-bond donors (Lipinski definition) is 0. The fourth-order valence-corrected chi connectivity index (χ4v) is 1.18. The van der Waals surface area contributed by atoms with Gasteiger partial charge in [-0.2, -0.15) is 5.26 Å². The fourth-order valence-electron chi connectivity index (χ4n) is 1.18. The second kappa shape index (κ2) is 5.76. The predicted octanol–water partition coefficient (Wildman–Crippen LogP) is 1.83. The quantitative estimate of drug-likeness (QED) is 0.725. The molecule has 1 aromatic carbocycles. The third kappa shape index (κ3) is 3.62. The molecule has 0 spiro atoms. The minimum Gasteiger partial charge on any atom is -0.488 e. The highest BCUT2D eigenvalue weighted by atomic mass is 16.6. The third-order valence-electron chi connectivity index (χ3n) is 1.94. The van der Waals surface area contributed by atoms with E-state index in [1.807, 2.05) is 31.2 Å². The van der Waals surface area contributed by atoms with Crippen LogP contribution >= 0.6 is 0 Å². The SMILES string of the molecule is CC(=O)OC(C#N)COc1ccccc1C. The highest BCUT2D eigenvalue weighted by molar-refractivity contribution is 5.66. The van der Waals surface area contributed by atoms with Crippen molar-refractivity contribution in [3.05, 3.63) is 29.8 Å². The van der Waals surface area contributed by atoms with Crippen molar-refractivity contribution in [2.24, 2.45) is 0 Å². The maximum absolute atomic E-state index is 10.7. The Balaban J connectivity index is 2.54. The van der Waals surface area contributed by atoms with Crippen molar-refractivity contribution in [3.8, 4) is 11.8 Å². The molecule has 16 heavy (non-hydrogen) atoms. The molecule has 1 aromatic rings. The average Bonchev–Trinajstić information content (AvgIpc) is 2.25. The zero-order valence-electron chi connectivity index (χ0n) is 9.27. The lowest BCUT2D eigenvalue weighted by atomic mass is 10.2. The summed E-state index contributed by atoms with van der Waals surface area (Å²) in [6, 6.07) is 9.31. The molecule has 0 aromatic heterocycles. The number of ether oxygens (including phenoxy) is 2. The van der Waals surface area contributed by atoms with E-state index in [4.69, 9.17) is 14.7 Å². The number of nitriles is 1. The molecule has 0 aliphatic carbocycles. The van der Waals surface area contributed by atoms with Gasteiger partial charge in [0, 0.05) is 6.92 Å². The van der Waals surface area contributed by atoms with E-state index in [1.54, 1.807) is 6.07 Å². The first-order valence-electron chi connectivity index (χ1n) is 4.88. The number of carbonyl (C=O) groups is 1. The fraction of sp³-hybridized carbons (Fsp3) is 0.333. The first-order chi connectivity index (χ1) is 7.63. The summed E-state index contributed by atoms with van der Waals surface area (Å²) >= 11 is 0. The van der Waals surface area contributed by atoms with Crippen LogP contribution in [0.3, 0.4) is 0 Å². The van der Waals surface area contributed by atoms with Crippen LogP contribution in [0.2, 0.25) is 0 Å². The van der Waals surface area contributed by atoms with Crippen LogP contribution in [-0.4, -0.2) is 18.7 Å². The van der Waals surface area contributed by atoms with Gasteiger partial charge in [0.05, 0.1) is 0 Å². The van der Waals surface area contributed by atoms with E-state index in [1.165, 1.54) is 6.92 Å². The average molecular weight is 219 g/mol. The van der Waals surface area contributed by atoms with Gasteiger partial charge in [0.15, 0.2) is 0 Å². The van der Waals surface area contributed by atoms with Crippen molar-refractivity contribution in [1.82, 2.24) is 0 Å². The van der Waals surface area contributed by atoms with Gasteiger partial charge in [-0.3, -0.25) is 4.79 Å². The largest absolute Gasteiger partial charge is 0.488 e. The van der Waals surface area contributed by atoms with Gasteiger partial charge in [0.25, 0.3) is 0 Å². The van der Waals surface area contributed by atoms with Gasteiger partial charge in [-0.05, 0) is 18.6 Å². The van der Waals surface area contributed by atoms with Crippen LogP contribution in [0.4, 0.5) is 0 Å². The smallest absolute Gasteiger partial charge is 0.304 e. The van der Waals surface area contributed by atoms with Crippen molar-refractivity contribution in [3.63, 3.8) is 0 Å². The first-order valence-corrected chi connectivity index (χ1v) is 4.88. The van der Waals surface area contributed by atoms with E-state index in [0.717, 1.165) is 5.56 Å². The summed E-state index contributed by atoms with van der Waals surface area (Å²) in [4.78, 5) is 10.7. The molecule has 4 nitrogen and oxygen atoms in total. The van der Waals surface area contributed by atoms with E-state index >= 15 is 0 Å². The van der Waals surface area contributed by atoms with Crippen molar-refractivity contribution in [2.45, 2.75) is 20.0 Å². The summed E-state index contributed by atoms with van der Waals surface area (Å²) in [7, 11) is 0. The topological polar surface area (TPSA) is 59.3 Å². The Kier molecular flexibility index (Phi) is 4.34. The Morgan fingerprint density at radius 2 is 2.19 bits per heavy atom. The number of aryl methyl sites for hydroxylation is 1. The van der Waals surface area contributed by atoms with Gasteiger partial charge in [-0.25, -0.2) is 0 Å². The second-order valence-corrected chi connectivity index (χ2v) is 3.30. The third-order valence-corrected chi connectivity index (χ3v) is 1.94. The number of benzene rings is 1. The lowest BCUT2D eigenvalue weighted by Gasteiger charge is -2.12. The van der Waals surface area contributed by atoms with E-state index in [0.29, 0.717) is 5.75 Å². The van der Waals surface area contributed by atoms with E-state index in [9.17, 15) is 4.79 Å². The minimum absolute atomic E-state index is 0.0426. The standard InChI is InChI=1S/C12H13NO3/c1-9-5-3-4-6-12(9)15-8-11(7-13)16-10(2)14/h3-6,11H,8H2,1-2H3. The molecule has 0 saturated heterocycles. The van der Waals surface area contributed by atoms with Crippen molar-refractivity contribution >= 4 is 5.97 Å². The van der Waals surface area contributed by atoms with Crippen LogP contribution in [0.15, 0.2) is 24.3 Å². The van der Waals surface area contributed by atoms with Crippen LogP contribution in [0.25, 0.3) is 0 Å². The molecular formula is C12H13NO3. The molecule has 4 heteroatoms. The molecule has 1 atom stereocenters. The molecule has 0 saturated carbocycles. The molecule has 0 aliphatic heterocycles. The monoisotopic (exact) mass is 219 g/mol. The van der Waals surface area contributed by atoms with E-state index in [-0.39, 0.29) is 6.61 Å². The predicted molar refractivity (Wildman–Crippen MR) is 57.8 cm³/mol. The molecule has 0 bridgehead atoms. The molecule has 0 amide bonds. The summed E-state index contributed by atoms with van der Waals surface area (Å²) in [6.45, 7) is 3.21. The zero-order valence-corrected chi connectivity index (χ0v) is 9.27. The number of para-hydroxylation sites is 1. The molecule has 0 heterocycles. The number of esters is 1. The van der Waals surface area contributed by atoms with E-state index < -0.39 is 12.1 Å². The van der Waals surface area contributed by atoms with Gasteiger partial charge in [0.1, 0.15) is 18.4 Å². The van der Waals surface area contributed by atoms with Gasteiger partial charge >= 0.3 is 5.97 Å². The summed E-state index contributed by atoms with van der Waals surface area (Å²) < 4.78 is 10.1. The molecule has 0 N–H and O–H groups in total. The molecule has 1 unspecified atom stereocenters. The Morgan fingerprint density at radius 1 is 1.50 bits per heavy atom. The minimum atomic E-state index is -0.864. The van der Waals surface area contributed by atoms with Crippen LogP contribution in [0.1, 0.15) is 12.5 Å². The second-order valence-electron chi connectivity index (χ2n) is 3.30. The molecule has 0 aliphatic rings. The van der Waals surface area contributed by atoms with Crippen LogP contribution in [-0.2, 0) is 9.53 Å². The van der Waals surface area contributed by atoms with Gasteiger partial charge in [-0.1, -0.05) is 18.2 Å². The Bertz CT molecular complexity index is 409. The summed E-state index contributed by atoms with van der Waals surface area (Å²) in [6.07, 6.45) is -0.864. The van der Waals surface area contributed by atoms with Crippen molar-refractivity contribution in [1.29, 1.82) is 5.26 Å². The molecule has 84 valence electrons. The summed E-state index contributed by atoms with van der Waals surface area (Å²) in [5.74, 6) is 0.204. The highest BCUT2D eigenvalue weighted by Crippen LogP contribution is 2.16. The number of nitrogens with zero attached hydrogens (tertiary/aromatic N) is 1. The van der Waals surface area contributed by atoms with Crippen LogP contribution < -0.4 is 4.74 Å². The maximum atomic E-state index is 10.7. The Labute approximate surface area is 94.4 Å². The molecule has 0 fully saturated rings. The van der Waals surface area contributed by atoms with E-state index in [2.05, 4.69) is 0 Å². The van der Waals surface area contributed by atoms with Crippen LogP contribution in [0.5, 0.6) is 5.75 Å². The molecule has 1 rings (SSSR count). The highest BCUT2D eigenvalue weighted by Gasteiger charge is 2.11. The van der Waals surface area contributed by atoms with Crippen molar-refractivity contribution in [2.75, 3.05) is 6.61 Å². The first kappa shape index (κ1) is 12.1. The Hall–Kier alpha value is -2.02. The number of rotatable bonds is 4. The summed E-state index contributed by atoms with van der Waals surface area (Å²) in [5.41, 5.74) is 0.974. The lowest BCUT2D eigenvalue weighted by molar-refractivity contribution is -0.144. The van der Waals surface area contributed by atoms with Crippen LogP contribution in [0, 0.1) is 18.3 Å². The lowest BCUT2D eigenvalue weighted by Crippen LogP contribution is -2.22. The molecule has 0 radical (unpaired) electrons. The van der Waals surface area contributed by atoms with Crippen molar-refractivity contribution < 1.29 is 14.3 Å². The normalized spacial score (nSPS) is 11.3. The van der Waals surface area contributed by atoms with Gasteiger partial charge in [-0.15, -0.1) is 0 Å². The Morgan fingerprint density at radius 3 is 2.75 bits per heavy atom. The maximum Gasteiger partial charge on any atom is 0.304 e. The van der Waals surface area contributed by atoms with Gasteiger partial charge < -0.3 is 9.47 Å². The number of carbonyl (C=O) groups excluding carboxylic acids is 1. The molecular weight excluding hydrogens is 206 g/mol. The van der Waals surface area contributed by atoms with Gasteiger partial charge in [0.2, 0.25) is 6.10 Å².